The molecule has 1 atom stereocenters. The fourth-order valence-electron chi connectivity index (χ4n) is 2.04. The van der Waals surface area contributed by atoms with Crippen LogP contribution in [0.1, 0.15) is 12.0 Å². The maximum Gasteiger partial charge on any atom is 0.227 e. The molecule has 0 bridgehead atoms. The number of nitrogens with two attached hydrogens (primary N) is 1. The molecule has 2 amide bonds. The van der Waals surface area contributed by atoms with Gasteiger partial charge in [0.1, 0.15) is 0 Å². The first-order valence-corrected chi connectivity index (χ1v) is 5.42. The van der Waals surface area contributed by atoms with Crippen LogP contribution >= 0.6 is 0 Å². The van der Waals surface area contributed by atoms with Crippen molar-refractivity contribution in [2.75, 3.05) is 11.4 Å². The fraction of sp³-hybridized carbons (Fsp3) is 0.333. The molecule has 5 nitrogen and oxygen atoms in total. The van der Waals surface area contributed by atoms with E-state index < -0.39 is 11.8 Å². The van der Waals surface area contributed by atoms with E-state index in [9.17, 15) is 14.7 Å². The maximum absolute atomic E-state index is 11.8. The van der Waals surface area contributed by atoms with Crippen molar-refractivity contribution in [3.05, 3.63) is 29.8 Å². The van der Waals surface area contributed by atoms with Gasteiger partial charge in [-0.1, -0.05) is 18.2 Å². The Morgan fingerprint density at radius 1 is 1.47 bits per heavy atom. The van der Waals surface area contributed by atoms with E-state index in [1.807, 2.05) is 0 Å². The number of anilines is 1. The quantitative estimate of drug-likeness (QED) is 0.773. The topological polar surface area (TPSA) is 83.6 Å². The molecule has 0 saturated carbocycles. The van der Waals surface area contributed by atoms with Gasteiger partial charge in [0.15, 0.2) is 0 Å². The first kappa shape index (κ1) is 11.6. The van der Waals surface area contributed by atoms with E-state index >= 15 is 0 Å². The molecule has 1 aliphatic rings. The summed E-state index contributed by atoms with van der Waals surface area (Å²) in [7, 11) is 0. The summed E-state index contributed by atoms with van der Waals surface area (Å²) >= 11 is 0. The number of amides is 2. The second kappa shape index (κ2) is 4.55. The molecule has 1 unspecified atom stereocenters. The summed E-state index contributed by atoms with van der Waals surface area (Å²) in [5.74, 6) is -1.02. The molecule has 1 fully saturated rings. The van der Waals surface area contributed by atoms with E-state index in [2.05, 4.69) is 0 Å². The fourth-order valence-corrected chi connectivity index (χ4v) is 2.04. The number of hydrogen-bond donors (Lipinski definition) is 2. The lowest BCUT2D eigenvalue weighted by Gasteiger charge is -2.19. The minimum absolute atomic E-state index is 0.130. The van der Waals surface area contributed by atoms with Crippen LogP contribution in [0.15, 0.2) is 24.3 Å². The highest BCUT2D eigenvalue weighted by Crippen LogP contribution is 2.27. The van der Waals surface area contributed by atoms with Crippen molar-refractivity contribution in [1.29, 1.82) is 0 Å². The van der Waals surface area contributed by atoms with Gasteiger partial charge in [-0.25, -0.2) is 0 Å². The first-order chi connectivity index (χ1) is 8.13. The number of carbonyl (C=O) groups is 2. The summed E-state index contributed by atoms with van der Waals surface area (Å²) in [6.07, 6.45) is 0.148. The molecule has 2 rings (SSSR count). The zero-order chi connectivity index (χ0) is 12.4. The molecule has 3 N–H and O–H groups in total. The minimum Gasteiger partial charge on any atom is -0.392 e. The molecule has 1 aromatic carbocycles. The van der Waals surface area contributed by atoms with E-state index in [1.54, 1.807) is 24.3 Å². The van der Waals surface area contributed by atoms with Crippen molar-refractivity contribution in [3.8, 4) is 0 Å². The normalized spacial score (nSPS) is 19.7. The van der Waals surface area contributed by atoms with Crippen molar-refractivity contribution in [2.45, 2.75) is 13.0 Å². The van der Waals surface area contributed by atoms with Crippen molar-refractivity contribution >= 4 is 17.5 Å². The summed E-state index contributed by atoms with van der Waals surface area (Å²) in [6.45, 7) is 0.159. The Morgan fingerprint density at radius 2 is 2.18 bits per heavy atom. The second-order valence-corrected chi connectivity index (χ2v) is 4.09. The maximum atomic E-state index is 11.8. The molecule has 0 radical (unpaired) electrons. The van der Waals surface area contributed by atoms with Crippen LogP contribution in [-0.2, 0) is 16.2 Å². The van der Waals surface area contributed by atoms with Gasteiger partial charge in [0.25, 0.3) is 0 Å². The van der Waals surface area contributed by atoms with Crippen LogP contribution in [0.3, 0.4) is 0 Å². The summed E-state index contributed by atoms with van der Waals surface area (Å²) in [4.78, 5) is 24.4. The zero-order valence-corrected chi connectivity index (χ0v) is 9.30. The lowest BCUT2D eigenvalue weighted by atomic mass is 10.1. The van der Waals surface area contributed by atoms with Crippen LogP contribution in [0.5, 0.6) is 0 Å². The summed E-state index contributed by atoms with van der Waals surface area (Å²) in [5.41, 5.74) is 6.53. The molecule has 1 heterocycles. The zero-order valence-electron chi connectivity index (χ0n) is 9.30. The van der Waals surface area contributed by atoms with Crippen molar-refractivity contribution in [2.24, 2.45) is 11.7 Å². The van der Waals surface area contributed by atoms with Gasteiger partial charge >= 0.3 is 0 Å². The van der Waals surface area contributed by atoms with E-state index in [1.165, 1.54) is 4.90 Å². The Bertz CT molecular complexity index is 459. The lowest BCUT2D eigenvalue weighted by molar-refractivity contribution is -0.123. The number of benzene rings is 1. The number of primary amides is 1. The Hall–Kier alpha value is -1.88. The summed E-state index contributed by atoms with van der Waals surface area (Å²) in [5, 5.41) is 9.21. The van der Waals surface area contributed by atoms with Crippen LogP contribution in [0.25, 0.3) is 0 Å². The van der Waals surface area contributed by atoms with Gasteiger partial charge in [-0.15, -0.1) is 0 Å². The summed E-state index contributed by atoms with van der Waals surface area (Å²) < 4.78 is 0. The Balaban J connectivity index is 2.29. The number of rotatable bonds is 3. The standard InChI is InChI=1S/C12H14N2O3/c13-12(17)9-5-11(16)14(6-9)10-4-2-1-3-8(10)7-15/h1-4,9,15H,5-7H2,(H2,13,17). The van der Waals surface area contributed by atoms with Gasteiger partial charge in [-0.2, -0.15) is 0 Å². The minimum atomic E-state index is -0.456. The van der Waals surface area contributed by atoms with E-state index in [0.717, 1.165) is 0 Å². The molecule has 1 aliphatic heterocycles. The number of nitrogens with zero attached hydrogens (tertiary/aromatic N) is 1. The SMILES string of the molecule is NC(=O)C1CC(=O)N(c2ccccc2CO)C1. The molecule has 1 saturated heterocycles. The van der Waals surface area contributed by atoms with Crippen molar-refractivity contribution in [1.82, 2.24) is 0 Å². The van der Waals surface area contributed by atoms with Crippen LogP contribution < -0.4 is 10.6 Å². The molecular weight excluding hydrogens is 220 g/mol. The van der Waals surface area contributed by atoms with E-state index in [4.69, 9.17) is 5.73 Å². The molecule has 0 spiro atoms. The van der Waals surface area contributed by atoms with E-state index in [-0.39, 0.29) is 18.9 Å². The van der Waals surface area contributed by atoms with Gasteiger partial charge in [-0.3, -0.25) is 9.59 Å². The highest BCUT2D eigenvalue weighted by atomic mass is 16.3. The monoisotopic (exact) mass is 234 g/mol. The van der Waals surface area contributed by atoms with Crippen LogP contribution in [0, 0.1) is 5.92 Å². The molecule has 90 valence electrons. The third-order valence-electron chi connectivity index (χ3n) is 2.98. The van der Waals surface area contributed by atoms with Gasteiger partial charge in [0, 0.05) is 24.2 Å². The second-order valence-electron chi connectivity index (χ2n) is 4.09. The lowest BCUT2D eigenvalue weighted by Crippen LogP contribution is -2.29. The number of hydrogen-bond acceptors (Lipinski definition) is 3. The highest BCUT2D eigenvalue weighted by molar-refractivity contribution is 6.00. The van der Waals surface area contributed by atoms with E-state index in [0.29, 0.717) is 17.8 Å². The van der Waals surface area contributed by atoms with Gasteiger partial charge in [0.05, 0.1) is 12.5 Å². The number of para-hydroxylation sites is 1. The molecule has 0 aromatic heterocycles. The van der Waals surface area contributed by atoms with Crippen LogP contribution in [-0.4, -0.2) is 23.5 Å². The third-order valence-corrected chi connectivity index (χ3v) is 2.98. The molecular formula is C12H14N2O3. The van der Waals surface area contributed by atoms with Gasteiger partial charge < -0.3 is 15.7 Å². The van der Waals surface area contributed by atoms with Crippen LogP contribution in [0.4, 0.5) is 5.69 Å². The molecule has 0 aliphatic carbocycles. The molecule has 1 aromatic rings. The predicted octanol–water partition coefficient (Wildman–Crippen LogP) is 0.0171. The van der Waals surface area contributed by atoms with Gasteiger partial charge in [-0.05, 0) is 6.07 Å². The first-order valence-electron chi connectivity index (χ1n) is 5.42. The molecule has 17 heavy (non-hydrogen) atoms. The average molecular weight is 234 g/mol. The Morgan fingerprint density at radius 3 is 2.76 bits per heavy atom. The van der Waals surface area contributed by atoms with Gasteiger partial charge in [0.2, 0.25) is 11.8 Å². The third kappa shape index (κ3) is 2.14. The highest BCUT2D eigenvalue weighted by Gasteiger charge is 2.34. The summed E-state index contributed by atoms with van der Waals surface area (Å²) in [6, 6.07) is 7.09. The molecule has 5 heteroatoms. The van der Waals surface area contributed by atoms with Crippen molar-refractivity contribution < 1.29 is 14.7 Å². The number of carbonyl (C=O) groups excluding carboxylic acids is 2. The van der Waals surface area contributed by atoms with Crippen molar-refractivity contribution in [3.63, 3.8) is 0 Å². The number of aliphatic hydroxyl groups is 1. The van der Waals surface area contributed by atoms with Crippen LogP contribution in [0.2, 0.25) is 0 Å². The predicted molar refractivity (Wildman–Crippen MR) is 62.0 cm³/mol. The average Bonchev–Trinajstić information content (AvgIpc) is 2.71. The Kier molecular flexibility index (Phi) is 3.10. The largest absolute Gasteiger partial charge is 0.392 e. The number of aliphatic hydroxyl groups excluding tert-OH is 1. The smallest absolute Gasteiger partial charge is 0.227 e. The Labute approximate surface area is 98.8 Å².